The quantitative estimate of drug-likeness (QED) is 0.602. The number of benzene rings is 1. The summed E-state index contributed by atoms with van der Waals surface area (Å²) in [7, 11) is 0. The van der Waals surface area contributed by atoms with Gasteiger partial charge in [-0.25, -0.2) is 4.79 Å². The highest BCUT2D eigenvalue weighted by Crippen LogP contribution is 2.26. The van der Waals surface area contributed by atoms with Gasteiger partial charge in [0.2, 0.25) is 0 Å². The van der Waals surface area contributed by atoms with Crippen LogP contribution in [-0.4, -0.2) is 12.6 Å². The number of nitrogens with two attached hydrogens (primary N) is 1. The number of carbonyl (C=O) groups excluding carboxylic acids is 1. The Kier molecular flexibility index (Phi) is 2.33. The molecule has 0 saturated heterocycles. The van der Waals surface area contributed by atoms with Crippen molar-refractivity contribution in [2.24, 2.45) is 0 Å². The lowest BCUT2D eigenvalue weighted by Gasteiger charge is -2.03. The number of furan rings is 1. The third kappa shape index (κ3) is 1.54. The number of fused-ring (bicyclic) bond motifs is 1. The number of esters is 1. The lowest BCUT2D eigenvalue weighted by molar-refractivity contribution is 0.0528. The maximum Gasteiger partial charge on any atom is 0.338 e. The van der Waals surface area contributed by atoms with E-state index in [1.807, 2.05) is 0 Å². The summed E-state index contributed by atoms with van der Waals surface area (Å²) in [6.07, 6.45) is 1.50. The van der Waals surface area contributed by atoms with E-state index in [1.165, 1.54) is 6.26 Å². The summed E-state index contributed by atoms with van der Waals surface area (Å²) in [5.74, 6) is -0.357. The second-order valence-corrected chi connectivity index (χ2v) is 3.09. The van der Waals surface area contributed by atoms with Crippen LogP contribution in [0.25, 0.3) is 11.0 Å². The average Bonchev–Trinajstić information content (AvgIpc) is 2.68. The predicted octanol–water partition coefficient (Wildman–Crippen LogP) is 2.19. The van der Waals surface area contributed by atoms with E-state index < -0.39 is 0 Å². The summed E-state index contributed by atoms with van der Waals surface area (Å²) < 4.78 is 10.1. The van der Waals surface area contributed by atoms with Crippen LogP contribution in [0.1, 0.15) is 17.3 Å². The molecule has 4 nitrogen and oxygen atoms in total. The van der Waals surface area contributed by atoms with E-state index in [0.29, 0.717) is 28.8 Å². The highest BCUT2D eigenvalue weighted by molar-refractivity contribution is 6.06. The summed E-state index contributed by atoms with van der Waals surface area (Å²) in [6, 6.07) is 4.99. The van der Waals surface area contributed by atoms with E-state index in [2.05, 4.69) is 0 Å². The molecular formula is C11H11NO3. The molecule has 2 rings (SSSR count). The first-order valence-corrected chi connectivity index (χ1v) is 4.67. The lowest BCUT2D eigenvalue weighted by Crippen LogP contribution is -2.05. The summed E-state index contributed by atoms with van der Waals surface area (Å²) >= 11 is 0. The number of hydrogen-bond acceptors (Lipinski definition) is 4. The zero-order chi connectivity index (χ0) is 10.8. The number of nitrogen functional groups attached to an aromatic ring is 1. The standard InChI is InChI=1S/C11H11NO3/c1-2-14-11(13)8-3-4-9(12)10-7(8)5-6-15-10/h3-6H,2,12H2,1H3. The molecule has 1 heterocycles. The van der Waals surface area contributed by atoms with Crippen molar-refractivity contribution in [2.45, 2.75) is 6.92 Å². The van der Waals surface area contributed by atoms with Gasteiger partial charge in [0.25, 0.3) is 0 Å². The van der Waals surface area contributed by atoms with E-state index >= 15 is 0 Å². The van der Waals surface area contributed by atoms with Gasteiger partial charge in [0.1, 0.15) is 0 Å². The molecule has 2 N–H and O–H groups in total. The minimum Gasteiger partial charge on any atom is -0.462 e. The van der Waals surface area contributed by atoms with Crippen LogP contribution < -0.4 is 5.73 Å². The first kappa shape index (κ1) is 9.58. The van der Waals surface area contributed by atoms with Crippen molar-refractivity contribution in [1.82, 2.24) is 0 Å². The Morgan fingerprint density at radius 3 is 3.00 bits per heavy atom. The fourth-order valence-electron chi connectivity index (χ4n) is 1.47. The molecule has 0 aliphatic rings. The highest BCUT2D eigenvalue weighted by Gasteiger charge is 2.13. The molecule has 0 radical (unpaired) electrons. The topological polar surface area (TPSA) is 65.5 Å². The van der Waals surface area contributed by atoms with Crippen molar-refractivity contribution in [3.05, 3.63) is 30.0 Å². The van der Waals surface area contributed by atoms with Gasteiger partial charge in [0, 0.05) is 5.39 Å². The summed E-state index contributed by atoms with van der Waals surface area (Å²) in [5.41, 5.74) is 7.22. The minimum atomic E-state index is -0.357. The van der Waals surface area contributed by atoms with Gasteiger partial charge in [0.15, 0.2) is 5.58 Å². The Labute approximate surface area is 86.6 Å². The van der Waals surface area contributed by atoms with Crippen molar-refractivity contribution < 1.29 is 13.9 Å². The molecule has 0 aliphatic heterocycles. The molecule has 15 heavy (non-hydrogen) atoms. The molecule has 2 aromatic rings. The number of anilines is 1. The van der Waals surface area contributed by atoms with Crippen molar-refractivity contribution >= 4 is 22.6 Å². The number of carbonyl (C=O) groups is 1. The van der Waals surface area contributed by atoms with Gasteiger partial charge >= 0.3 is 5.97 Å². The van der Waals surface area contributed by atoms with Crippen LogP contribution in [0.4, 0.5) is 5.69 Å². The zero-order valence-corrected chi connectivity index (χ0v) is 8.32. The maximum absolute atomic E-state index is 11.6. The molecule has 0 spiro atoms. The van der Waals surface area contributed by atoms with Gasteiger partial charge in [-0.15, -0.1) is 0 Å². The van der Waals surface area contributed by atoms with Crippen LogP contribution in [0.3, 0.4) is 0 Å². The largest absolute Gasteiger partial charge is 0.462 e. The first-order chi connectivity index (χ1) is 7.24. The number of hydrogen-bond donors (Lipinski definition) is 1. The Morgan fingerprint density at radius 1 is 1.47 bits per heavy atom. The lowest BCUT2D eigenvalue weighted by atomic mass is 10.1. The molecule has 0 atom stereocenters. The van der Waals surface area contributed by atoms with Gasteiger partial charge in [-0.2, -0.15) is 0 Å². The first-order valence-electron chi connectivity index (χ1n) is 4.67. The summed E-state index contributed by atoms with van der Waals surface area (Å²) in [4.78, 5) is 11.6. The Hall–Kier alpha value is -1.97. The highest BCUT2D eigenvalue weighted by atomic mass is 16.5. The van der Waals surface area contributed by atoms with E-state index in [0.717, 1.165) is 0 Å². The molecule has 0 saturated carbocycles. The van der Waals surface area contributed by atoms with E-state index in [9.17, 15) is 4.79 Å². The van der Waals surface area contributed by atoms with Crippen molar-refractivity contribution in [3.63, 3.8) is 0 Å². The number of rotatable bonds is 2. The van der Waals surface area contributed by atoms with E-state index in [4.69, 9.17) is 14.9 Å². The van der Waals surface area contributed by atoms with Gasteiger partial charge < -0.3 is 14.9 Å². The predicted molar refractivity (Wildman–Crippen MR) is 56.6 cm³/mol. The molecule has 78 valence electrons. The van der Waals surface area contributed by atoms with Crippen LogP contribution in [-0.2, 0) is 4.74 Å². The van der Waals surface area contributed by atoms with E-state index in [-0.39, 0.29) is 5.97 Å². The monoisotopic (exact) mass is 205 g/mol. The Morgan fingerprint density at radius 2 is 2.27 bits per heavy atom. The Bertz CT molecular complexity index is 502. The summed E-state index contributed by atoms with van der Waals surface area (Å²) in [5, 5.41) is 0.688. The molecule has 4 heteroatoms. The fraction of sp³-hybridized carbons (Fsp3) is 0.182. The van der Waals surface area contributed by atoms with Crippen molar-refractivity contribution in [1.29, 1.82) is 0 Å². The third-order valence-corrected chi connectivity index (χ3v) is 2.14. The Balaban J connectivity index is 2.57. The molecule has 0 bridgehead atoms. The molecule has 1 aromatic carbocycles. The van der Waals surface area contributed by atoms with Crippen molar-refractivity contribution in [3.8, 4) is 0 Å². The normalized spacial score (nSPS) is 10.5. The van der Waals surface area contributed by atoms with Gasteiger partial charge in [-0.05, 0) is 25.1 Å². The fourth-order valence-corrected chi connectivity index (χ4v) is 1.47. The zero-order valence-electron chi connectivity index (χ0n) is 8.32. The van der Waals surface area contributed by atoms with Gasteiger partial charge in [0.05, 0.1) is 24.1 Å². The van der Waals surface area contributed by atoms with Gasteiger partial charge in [-0.1, -0.05) is 0 Å². The molecule has 1 aromatic heterocycles. The molecule has 0 unspecified atom stereocenters. The second-order valence-electron chi connectivity index (χ2n) is 3.09. The third-order valence-electron chi connectivity index (χ3n) is 2.14. The van der Waals surface area contributed by atoms with Crippen LogP contribution in [0, 0.1) is 0 Å². The SMILES string of the molecule is CCOC(=O)c1ccc(N)c2occc12. The summed E-state index contributed by atoms with van der Waals surface area (Å²) in [6.45, 7) is 2.12. The van der Waals surface area contributed by atoms with E-state index in [1.54, 1.807) is 25.1 Å². The molecule has 0 amide bonds. The average molecular weight is 205 g/mol. The van der Waals surface area contributed by atoms with Gasteiger partial charge in [-0.3, -0.25) is 0 Å². The minimum absolute atomic E-state index is 0.350. The van der Waals surface area contributed by atoms with Crippen LogP contribution in [0.5, 0.6) is 0 Å². The molecule has 0 aliphatic carbocycles. The second kappa shape index (κ2) is 3.65. The maximum atomic E-state index is 11.6. The van der Waals surface area contributed by atoms with Crippen LogP contribution in [0.2, 0.25) is 0 Å². The molecular weight excluding hydrogens is 194 g/mol. The van der Waals surface area contributed by atoms with Crippen molar-refractivity contribution in [2.75, 3.05) is 12.3 Å². The van der Waals surface area contributed by atoms with Crippen LogP contribution >= 0.6 is 0 Å². The van der Waals surface area contributed by atoms with Crippen LogP contribution in [0.15, 0.2) is 28.9 Å². The number of ether oxygens (including phenoxy) is 1. The smallest absolute Gasteiger partial charge is 0.338 e. The molecule has 0 fully saturated rings.